The van der Waals surface area contributed by atoms with Gasteiger partial charge in [0.2, 0.25) is 0 Å². The first-order valence-electron chi connectivity index (χ1n) is 10.4. The van der Waals surface area contributed by atoms with Gasteiger partial charge in [0.15, 0.2) is 0 Å². The molecule has 0 aromatic rings. The van der Waals surface area contributed by atoms with E-state index in [0.29, 0.717) is 6.61 Å². The minimum absolute atomic E-state index is 0.111. The molecule has 0 saturated heterocycles. The molecule has 158 valence electrons. The van der Waals surface area contributed by atoms with Crippen molar-refractivity contribution in [3.63, 3.8) is 0 Å². The van der Waals surface area contributed by atoms with Gasteiger partial charge >= 0.3 is 11.9 Å². The molecule has 0 heterocycles. The van der Waals surface area contributed by atoms with E-state index in [2.05, 4.69) is 11.7 Å². The van der Waals surface area contributed by atoms with Gasteiger partial charge in [0.1, 0.15) is 11.4 Å². The Morgan fingerprint density at radius 1 is 0.704 bits per heavy atom. The van der Waals surface area contributed by atoms with Gasteiger partial charge in [0.25, 0.3) is 0 Å². The lowest BCUT2D eigenvalue weighted by atomic mass is 10.0. The van der Waals surface area contributed by atoms with Crippen molar-refractivity contribution in [3.05, 3.63) is 12.2 Å². The van der Waals surface area contributed by atoms with Crippen LogP contribution in [-0.4, -0.2) is 30.0 Å². The standard InChI is InChI=1S/C21H36Cl2O4/c1-2-3-4-5-6-7-8-9-10-11-12-13-14-17-26-20(24)15-16-21(25)27-18-19(22)23/h15-16,19H,2-14,17-18H2,1H3/b16-15+. The molecular weight excluding hydrogens is 387 g/mol. The summed E-state index contributed by atoms with van der Waals surface area (Å²) in [6.07, 6.45) is 18.6. The molecule has 0 aromatic heterocycles. The second-order valence-corrected chi connectivity index (χ2v) is 8.04. The van der Waals surface area contributed by atoms with Gasteiger partial charge in [0, 0.05) is 12.2 Å². The molecule has 0 aliphatic rings. The van der Waals surface area contributed by atoms with Crippen LogP contribution in [0, 0.1) is 0 Å². The minimum Gasteiger partial charge on any atom is -0.463 e. The Bertz CT molecular complexity index is 398. The monoisotopic (exact) mass is 422 g/mol. The van der Waals surface area contributed by atoms with E-state index in [9.17, 15) is 9.59 Å². The van der Waals surface area contributed by atoms with E-state index in [4.69, 9.17) is 27.9 Å². The summed E-state index contributed by atoms with van der Waals surface area (Å²) in [7, 11) is 0. The van der Waals surface area contributed by atoms with Crippen molar-refractivity contribution < 1.29 is 19.1 Å². The molecule has 6 heteroatoms. The number of carbonyl (C=O) groups is 2. The van der Waals surface area contributed by atoms with Crippen molar-refractivity contribution in [1.82, 2.24) is 0 Å². The molecule has 0 atom stereocenters. The number of unbranched alkanes of at least 4 members (excludes halogenated alkanes) is 12. The van der Waals surface area contributed by atoms with E-state index < -0.39 is 16.8 Å². The molecule has 0 aromatic carbocycles. The van der Waals surface area contributed by atoms with E-state index in [-0.39, 0.29) is 6.61 Å². The quantitative estimate of drug-likeness (QED) is 0.109. The highest BCUT2D eigenvalue weighted by Crippen LogP contribution is 2.12. The van der Waals surface area contributed by atoms with Gasteiger partial charge in [-0.15, -0.1) is 23.2 Å². The normalized spacial score (nSPS) is 11.3. The summed E-state index contributed by atoms with van der Waals surface area (Å²) in [5.41, 5.74) is 0. The molecule has 0 saturated carbocycles. The van der Waals surface area contributed by atoms with Crippen molar-refractivity contribution in [1.29, 1.82) is 0 Å². The summed E-state index contributed by atoms with van der Waals surface area (Å²) in [4.78, 5) is 21.9. The van der Waals surface area contributed by atoms with Crippen molar-refractivity contribution in [3.8, 4) is 0 Å². The molecule has 0 radical (unpaired) electrons. The molecule has 27 heavy (non-hydrogen) atoms. The first kappa shape index (κ1) is 26.3. The molecule has 4 nitrogen and oxygen atoms in total. The second-order valence-electron chi connectivity index (χ2n) is 6.76. The smallest absolute Gasteiger partial charge is 0.331 e. The van der Waals surface area contributed by atoms with Gasteiger partial charge < -0.3 is 9.47 Å². The zero-order valence-electron chi connectivity index (χ0n) is 16.7. The molecule has 0 unspecified atom stereocenters. The Labute approximate surface area is 175 Å². The molecule has 0 amide bonds. The molecule has 0 bridgehead atoms. The van der Waals surface area contributed by atoms with Crippen molar-refractivity contribution >= 4 is 35.1 Å². The highest BCUT2D eigenvalue weighted by molar-refractivity contribution is 6.44. The first-order chi connectivity index (χ1) is 13.1. The third kappa shape index (κ3) is 21.4. The highest BCUT2D eigenvalue weighted by atomic mass is 35.5. The topological polar surface area (TPSA) is 52.6 Å². The van der Waals surface area contributed by atoms with Crippen LogP contribution in [0.4, 0.5) is 0 Å². The molecule has 0 aliphatic heterocycles. The van der Waals surface area contributed by atoms with Gasteiger partial charge in [-0.25, -0.2) is 9.59 Å². The number of hydrogen-bond acceptors (Lipinski definition) is 4. The van der Waals surface area contributed by atoms with Gasteiger partial charge in [-0.2, -0.15) is 0 Å². The molecular formula is C21H36Cl2O4. The third-order valence-corrected chi connectivity index (χ3v) is 4.45. The van der Waals surface area contributed by atoms with Gasteiger partial charge in [-0.1, -0.05) is 84.0 Å². The number of esters is 2. The van der Waals surface area contributed by atoms with E-state index in [1.165, 1.54) is 70.6 Å². The largest absolute Gasteiger partial charge is 0.463 e. The van der Waals surface area contributed by atoms with Gasteiger partial charge in [0.05, 0.1) is 6.61 Å². The fraction of sp³-hybridized carbons (Fsp3) is 0.810. The Balaban J connectivity index is 3.34. The van der Waals surface area contributed by atoms with Crippen LogP contribution in [0.25, 0.3) is 0 Å². The average molecular weight is 423 g/mol. The van der Waals surface area contributed by atoms with Crippen LogP contribution in [0.15, 0.2) is 12.2 Å². The zero-order valence-corrected chi connectivity index (χ0v) is 18.2. The number of halogens is 2. The zero-order chi connectivity index (χ0) is 20.2. The Morgan fingerprint density at radius 2 is 1.11 bits per heavy atom. The Hall–Kier alpha value is -0.740. The molecule has 0 N–H and O–H groups in total. The Kier molecular flexibility index (Phi) is 19.5. The maximum atomic E-state index is 11.4. The van der Waals surface area contributed by atoms with Crippen LogP contribution in [0.3, 0.4) is 0 Å². The maximum Gasteiger partial charge on any atom is 0.331 e. The van der Waals surface area contributed by atoms with Crippen LogP contribution in [0.2, 0.25) is 0 Å². The summed E-state index contributed by atoms with van der Waals surface area (Å²) in [6, 6.07) is 0. The lowest BCUT2D eigenvalue weighted by Crippen LogP contribution is -2.09. The molecule has 0 aliphatic carbocycles. The van der Waals surface area contributed by atoms with E-state index in [0.717, 1.165) is 25.0 Å². The number of carbonyl (C=O) groups excluding carboxylic acids is 2. The molecule has 0 rings (SSSR count). The summed E-state index contributed by atoms with van der Waals surface area (Å²) >= 11 is 10.9. The van der Waals surface area contributed by atoms with Gasteiger partial charge in [-0.05, 0) is 6.42 Å². The van der Waals surface area contributed by atoms with Gasteiger partial charge in [-0.3, -0.25) is 0 Å². The predicted octanol–water partition coefficient (Wildman–Crippen LogP) is 6.52. The van der Waals surface area contributed by atoms with Crippen LogP contribution in [-0.2, 0) is 19.1 Å². The summed E-state index contributed by atoms with van der Waals surface area (Å²) in [5, 5.41) is 0. The second kappa shape index (κ2) is 20.0. The average Bonchev–Trinajstić information content (AvgIpc) is 2.64. The number of alkyl halides is 2. The highest BCUT2D eigenvalue weighted by Gasteiger charge is 2.04. The van der Waals surface area contributed by atoms with E-state index >= 15 is 0 Å². The summed E-state index contributed by atoms with van der Waals surface area (Å²) in [6.45, 7) is 2.52. The third-order valence-electron chi connectivity index (χ3n) is 4.20. The van der Waals surface area contributed by atoms with Crippen molar-refractivity contribution in [2.45, 2.75) is 95.2 Å². The number of ether oxygens (including phenoxy) is 2. The summed E-state index contributed by atoms with van der Waals surface area (Å²) in [5.74, 6) is -1.21. The lowest BCUT2D eigenvalue weighted by molar-refractivity contribution is -0.140. The van der Waals surface area contributed by atoms with Crippen LogP contribution in [0.5, 0.6) is 0 Å². The van der Waals surface area contributed by atoms with E-state index in [1.54, 1.807) is 0 Å². The van der Waals surface area contributed by atoms with Crippen LogP contribution in [0.1, 0.15) is 90.4 Å². The van der Waals surface area contributed by atoms with Crippen LogP contribution < -0.4 is 0 Å². The molecule has 0 fully saturated rings. The summed E-state index contributed by atoms with van der Waals surface area (Å²) < 4.78 is 9.72. The fourth-order valence-corrected chi connectivity index (χ4v) is 2.80. The van der Waals surface area contributed by atoms with Crippen LogP contribution >= 0.6 is 23.2 Å². The Morgan fingerprint density at radius 3 is 1.56 bits per heavy atom. The minimum atomic E-state index is -0.773. The van der Waals surface area contributed by atoms with Crippen molar-refractivity contribution in [2.24, 2.45) is 0 Å². The lowest BCUT2D eigenvalue weighted by Gasteiger charge is -2.04. The number of hydrogen-bond donors (Lipinski definition) is 0. The SMILES string of the molecule is CCCCCCCCCCCCCCCOC(=O)/C=C/C(=O)OCC(Cl)Cl. The maximum absolute atomic E-state index is 11.4. The fourth-order valence-electron chi connectivity index (χ4n) is 2.67. The predicted molar refractivity (Wildman–Crippen MR) is 112 cm³/mol. The van der Waals surface area contributed by atoms with Crippen molar-refractivity contribution in [2.75, 3.05) is 13.2 Å². The number of rotatable bonds is 18. The van der Waals surface area contributed by atoms with E-state index in [1.807, 2.05) is 0 Å². The molecule has 0 spiro atoms. The first-order valence-corrected chi connectivity index (χ1v) is 11.2.